The largest absolute Gasteiger partial charge is 0.327 e. The summed E-state index contributed by atoms with van der Waals surface area (Å²) in [7, 11) is 0. The number of hydrogen-bond acceptors (Lipinski definition) is 1. The van der Waals surface area contributed by atoms with Gasteiger partial charge in [0, 0.05) is 6.04 Å². The molecule has 0 spiro atoms. The lowest BCUT2D eigenvalue weighted by Gasteiger charge is -2.34. The average molecular weight is 245 g/mol. The van der Waals surface area contributed by atoms with Crippen molar-refractivity contribution in [2.75, 3.05) is 0 Å². The third-order valence-corrected chi connectivity index (χ3v) is 4.84. The molecule has 18 heavy (non-hydrogen) atoms. The Morgan fingerprint density at radius 3 is 2.44 bits per heavy atom. The van der Waals surface area contributed by atoms with Gasteiger partial charge >= 0.3 is 0 Å². The first-order valence-corrected chi connectivity index (χ1v) is 7.42. The minimum Gasteiger partial charge on any atom is -0.327 e. The van der Waals surface area contributed by atoms with E-state index in [1.54, 1.807) is 0 Å². The standard InChI is InChI=1S/C17H27N/c1-4-14-8-9-17(18)15(10-14)11-16-12(2)6-5-7-13(16)3/h5-7,14-15,17H,4,8-11,18H2,1-3H3. The van der Waals surface area contributed by atoms with Gasteiger partial charge < -0.3 is 5.73 Å². The molecule has 100 valence electrons. The molecule has 1 saturated carbocycles. The van der Waals surface area contributed by atoms with Gasteiger partial charge in [-0.15, -0.1) is 0 Å². The molecule has 1 nitrogen and oxygen atoms in total. The van der Waals surface area contributed by atoms with Crippen LogP contribution in [0.5, 0.6) is 0 Å². The van der Waals surface area contributed by atoms with Crippen molar-refractivity contribution in [1.29, 1.82) is 0 Å². The van der Waals surface area contributed by atoms with Crippen molar-refractivity contribution in [2.24, 2.45) is 17.6 Å². The van der Waals surface area contributed by atoms with E-state index in [1.807, 2.05) is 0 Å². The Kier molecular flexibility index (Phi) is 4.45. The summed E-state index contributed by atoms with van der Waals surface area (Å²) >= 11 is 0. The van der Waals surface area contributed by atoms with Crippen LogP contribution in [0.25, 0.3) is 0 Å². The van der Waals surface area contributed by atoms with E-state index in [0.29, 0.717) is 12.0 Å². The molecule has 1 fully saturated rings. The zero-order chi connectivity index (χ0) is 13.1. The lowest BCUT2D eigenvalue weighted by molar-refractivity contribution is 0.227. The highest BCUT2D eigenvalue weighted by Crippen LogP contribution is 2.33. The van der Waals surface area contributed by atoms with E-state index in [-0.39, 0.29) is 0 Å². The molecule has 0 amide bonds. The van der Waals surface area contributed by atoms with Gasteiger partial charge in [0.15, 0.2) is 0 Å². The van der Waals surface area contributed by atoms with Crippen molar-refractivity contribution in [3.63, 3.8) is 0 Å². The molecule has 2 rings (SSSR count). The number of aryl methyl sites for hydroxylation is 2. The summed E-state index contributed by atoms with van der Waals surface area (Å²) in [6.45, 7) is 6.78. The van der Waals surface area contributed by atoms with Gasteiger partial charge in [-0.05, 0) is 68.1 Å². The first-order chi connectivity index (χ1) is 8.61. The lowest BCUT2D eigenvalue weighted by atomic mass is 9.74. The van der Waals surface area contributed by atoms with Gasteiger partial charge in [-0.1, -0.05) is 31.5 Å². The van der Waals surface area contributed by atoms with E-state index in [1.165, 1.54) is 48.8 Å². The van der Waals surface area contributed by atoms with E-state index in [0.717, 1.165) is 5.92 Å². The van der Waals surface area contributed by atoms with Gasteiger partial charge in [-0.2, -0.15) is 0 Å². The molecule has 3 unspecified atom stereocenters. The van der Waals surface area contributed by atoms with Gasteiger partial charge in [0.05, 0.1) is 0 Å². The fourth-order valence-corrected chi connectivity index (χ4v) is 3.42. The summed E-state index contributed by atoms with van der Waals surface area (Å²) in [5, 5.41) is 0. The summed E-state index contributed by atoms with van der Waals surface area (Å²) in [4.78, 5) is 0. The van der Waals surface area contributed by atoms with Crippen LogP contribution in [0, 0.1) is 25.7 Å². The lowest BCUT2D eigenvalue weighted by Crippen LogP contribution is -2.37. The van der Waals surface area contributed by atoms with Crippen LogP contribution in [-0.2, 0) is 6.42 Å². The Bertz CT molecular complexity index is 376. The highest BCUT2D eigenvalue weighted by Gasteiger charge is 2.27. The minimum atomic E-state index is 0.409. The third kappa shape index (κ3) is 2.95. The van der Waals surface area contributed by atoms with Crippen LogP contribution in [0.1, 0.15) is 49.3 Å². The van der Waals surface area contributed by atoms with Crippen LogP contribution in [0.4, 0.5) is 0 Å². The van der Waals surface area contributed by atoms with Crippen molar-refractivity contribution in [1.82, 2.24) is 0 Å². The Hall–Kier alpha value is -0.820. The first-order valence-electron chi connectivity index (χ1n) is 7.42. The van der Waals surface area contributed by atoms with Gasteiger partial charge in [-0.3, -0.25) is 0 Å². The maximum atomic E-state index is 6.34. The van der Waals surface area contributed by atoms with E-state index in [4.69, 9.17) is 5.73 Å². The zero-order valence-corrected chi connectivity index (χ0v) is 12.1. The quantitative estimate of drug-likeness (QED) is 0.856. The van der Waals surface area contributed by atoms with Crippen LogP contribution in [0.15, 0.2) is 18.2 Å². The summed E-state index contributed by atoms with van der Waals surface area (Å²) in [6, 6.07) is 7.03. The van der Waals surface area contributed by atoms with Crippen molar-refractivity contribution >= 4 is 0 Å². The summed E-state index contributed by atoms with van der Waals surface area (Å²) in [5.74, 6) is 1.59. The van der Waals surface area contributed by atoms with Crippen LogP contribution < -0.4 is 5.73 Å². The molecule has 1 aromatic rings. The van der Waals surface area contributed by atoms with Crippen molar-refractivity contribution in [3.05, 3.63) is 34.9 Å². The molecule has 0 aromatic heterocycles. The maximum Gasteiger partial charge on any atom is 0.00705 e. The number of hydrogen-bond donors (Lipinski definition) is 1. The van der Waals surface area contributed by atoms with Gasteiger partial charge in [0.2, 0.25) is 0 Å². The molecule has 0 aliphatic heterocycles. The van der Waals surface area contributed by atoms with Crippen molar-refractivity contribution in [3.8, 4) is 0 Å². The Labute approximate surface area is 112 Å². The average Bonchev–Trinajstić information content (AvgIpc) is 2.36. The Morgan fingerprint density at radius 1 is 1.17 bits per heavy atom. The maximum absolute atomic E-state index is 6.34. The molecule has 3 atom stereocenters. The molecule has 1 aliphatic carbocycles. The molecular formula is C17H27N. The highest BCUT2D eigenvalue weighted by molar-refractivity contribution is 5.34. The first kappa shape index (κ1) is 13.6. The molecular weight excluding hydrogens is 218 g/mol. The van der Waals surface area contributed by atoms with Gasteiger partial charge in [-0.25, -0.2) is 0 Å². The fourth-order valence-electron chi connectivity index (χ4n) is 3.42. The zero-order valence-electron chi connectivity index (χ0n) is 12.1. The van der Waals surface area contributed by atoms with Crippen LogP contribution in [-0.4, -0.2) is 6.04 Å². The van der Waals surface area contributed by atoms with E-state index >= 15 is 0 Å². The molecule has 1 aromatic carbocycles. The normalized spacial score (nSPS) is 28.3. The monoisotopic (exact) mass is 245 g/mol. The molecule has 0 saturated heterocycles. The topological polar surface area (TPSA) is 26.0 Å². The number of nitrogens with two attached hydrogens (primary N) is 1. The number of benzene rings is 1. The van der Waals surface area contributed by atoms with Gasteiger partial charge in [0.1, 0.15) is 0 Å². The highest BCUT2D eigenvalue weighted by atomic mass is 14.7. The third-order valence-electron chi connectivity index (χ3n) is 4.84. The molecule has 2 N–H and O–H groups in total. The fraction of sp³-hybridized carbons (Fsp3) is 0.647. The van der Waals surface area contributed by atoms with Crippen LogP contribution >= 0.6 is 0 Å². The number of rotatable bonds is 3. The van der Waals surface area contributed by atoms with E-state index in [9.17, 15) is 0 Å². The van der Waals surface area contributed by atoms with E-state index in [2.05, 4.69) is 39.0 Å². The summed E-state index contributed by atoms with van der Waals surface area (Å²) in [6.07, 6.45) is 6.37. The summed E-state index contributed by atoms with van der Waals surface area (Å²) in [5.41, 5.74) is 10.7. The Morgan fingerprint density at radius 2 is 1.83 bits per heavy atom. The SMILES string of the molecule is CCC1CCC(N)C(Cc2c(C)cccc2C)C1. The molecule has 0 radical (unpaired) electrons. The molecule has 0 bridgehead atoms. The molecule has 1 heteroatoms. The Balaban J connectivity index is 2.12. The smallest absolute Gasteiger partial charge is 0.00705 e. The second-order valence-electron chi connectivity index (χ2n) is 6.09. The summed E-state index contributed by atoms with van der Waals surface area (Å²) < 4.78 is 0. The van der Waals surface area contributed by atoms with Gasteiger partial charge in [0.25, 0.3) is 0 Å². The second-order valence-corrected chi connectivity index (χ2v) is 6.09. The predicted octanol–water partition coefficient (Wildman–Crippen LogP) is 4.00. The molecule has 0 heterocycles. The van der Waals surface area contributed by atoms with Crippen LogP contribution in [0.2, 0.25) is 0 Å². The van der Waals surface area contributed by atoms with Crippen molar-refractivity contribution in [2.45, 2.75) is 58.9 Å². The minimum absolute atomic E-state index is 0.409. The van der Waals surface area contributed by atoms with E-state index < -0.39 is 0 Å². The predicted molar refractivity (Wildman–Crippen MR) is 78.7 cm³/mol. The van der Waals surface area contributed by atoms with Crippen LogP contribution in [0.3, 0.4) is 0 Å². The molecule has 1 aliphatic rings. The van der Waals surface area contributed by atoms with Crippen molar-refractivity contribution < 1.29 is 0 Å². The second kappa shape index (κ2) is 5.88.